The third kappa shape index (κ3) is 2.10. The van der Waals surface area contributed by atoms with Crippen molar-refractivity contribution in [3.05, 3.63) is 29.6 Å². The van der Waals surface area contributed by atoms with Crippen molar-refractivity contribution in [3.8, 4) is 0 Å². The van der Waals surface area contributed by atoms with Crippen LogP contribution in [0.5, 0.6) is 0 Å². The number of nitrogens with zero attached hydrogens (tertiary/aromatic N) is 3. The molecule has 2 heterocycles. The van der Waals surface area contributed by atoms with Crippen LogP contribution in [0.15, 0.2) is 18.2 Å². The molecule has 80 valence electrons. The van der Waals surface area contributed by atoms with Crippen molar-refractivity contribution in [1.29, 1.82) is 0 Å². The Morgan fingerprint density at radius 3 is 2.87 bits per heavy atom. The number of aryl methyl sites for hydroxylation is 1. The molecular formula is C8H8ClN3O2S. The molecule has 0 aliphatic carbocycles. The molecule has 0 fully saturated rings. The zero-order valence-corrected chi connectivity index (χ0v) is 9.46. The van der Waals surface area contributed by atoms with E-state index in [1.807, 2.05) is 6.07 Å². The Morgan fingerprint density at radius 2 is 2.20 bits per heavy atom. The van der Waals surface area contributed by atoms with Crippen molar-refractivity contribution in [2.45, 2.75) is 12.7 Å². The summed E-state index contributed by atoms with van der Waals surface area (Å²) in [5.41, 5.74) is 2.04. The number of fused-ring (bicyclic) bond motifs is 1. The van der Waals surface area contributed by atoms with Gasteiger partial charge in [-0.2, -0.15) is 0 Å². The van der Waals surface area contributed by atoms with E-state index in [4.69, 9.17) is 10.7 Å². The Bertz CT molecular complexity index is 605. The maximum absolute atomic E-state index is 11.0. The maximum Gasteiger partial charge on any atom is 0.238 e. The van der Waals surface area contributed by atoms with E-state index in [1.54, 1.807) is 19.1 Å². The van der Waals surface area contributed by atoms with Gasteiger partial charge in [-0.3, -0.25) is 0 Å². The van der Waals surface area contributed by atoms with Gasteiger partial charge in [0.2, 0.25) is 9.05 Å². The van der Waals surface area contributed by atoms with Crippen LogP contribution in [-0.4, -0.2) is 23.2 Å². The van der Waals surface area contributed by atoms with Crippen molar-refractivity contribution in [2.75, 3.05) is 0 Å². The highest BCUT2D eigenvalue weighted by Gasteiger charge is 2.12. The number of hydrogen-bond donors (Lipinski definition) is 0. The Morgan fingerprint density at radius 1 is 1.47 bits per heavy atom. The molecule has 0 atom stereocenters. The third-order valence-corrected chi connectivity index (χ3v) is 2.99. The molecule has 0 spiro atoms. The molecule has 0 bridgehead atoms. The molecule has 0 unspecified atom stereocenters. The average Bonchev–Trinajstić information content (AvgIpc) is 2.47. The summed E-state index contributed by atoms with van der Waals surface area (Å²) >= 11 is 0. The van der Waals surface area contributed by atoms with Crippen molar-refractivity contribution in [1.82, 2.24) is 14.8 Å². The van der Waals surface area contributed by atoms with Gasteiger partial charge >= 0.3 is 0 Å². The number of pyridine rings is 1. The van der Waals surface area contributed by atoms with Crippen LogP contribution in [0.1, 0.15) is 11.4 Å². The predicted octanol–water partition coefficient (Wildman–Crippen LogP) is 1.11. The quantitative estimate of drug-likeness (QED) is 0.744. The molecular weight excluding hydrogens is 238 g/mol. The maximum atomic E-state index is 11.0. The highest BCUT2D eigenvalue weighted by molar-refractivity contribution is 8.13. The van der Waals surface area contributed by atoms with Crippen LogP contribution in [0.3, 0.4) is 0 Å². The smallest absolute Gasteiger partial charge is 0.216 e. The number of aromatic nitrogens is 3. The van der Waals surface area contributed by atoms with E-state index in [0.717, 1.165) is 11.2 Å². The second-order valence-electron chi connectivity index (χ2n) is 3.17. The lowest BCUT2D eigenvalue weighted by molar-refractivity contribution is 0.607. The lowest BCUT2D eigenvalue weighted by Crippen LogP contribution is -2.03. The van der Waals surface area contributed by atoms with Crippen molar-refractivity contribution >= 4 is 25.2 Å². The SMILES string of the molecule is Cc1nnn2c(CS(=O)(=O)Cl)cccc12. The Kier molecular flexibility index (Phi) is 2.40. The zero-order chi connectivity index (χ0) is 11.1. The van der Waals surface area contributed by atoms with Crippen LogP contribution >= 0.6 is 10.7 Å². The first kappa shape index (κ1) is 10.4. The van der Waals surface area contributed by atoms with E-state index < -0.39 is 9.05 Å². The first-order valence-corrected chi connectivity index (χ1v) is 6.67. The minimum atomic E-state index is -3.58. The number of halogens is 1. The molecule has 0 N–H and O–H groups in total. The molecule has 0 aliphatic rings. The highest BCUT2D eigenvalue weighted by Crippen LogP contribution is 2.13. The minimum Gasteiger partial charge on any atom is -0.216 e. The molecule has 0 radical (unpaired) electrons. The number of hydrogen-bond acceptors (Lipinski definition) is 4. The first-order valence-electron chi connectivity index (χ1n) is 4.19. The van der Waals surface area contributed by atoms with Gasteiger partial charge in [-0.15, -0.1) is 5.10 Å². The topological polar surface area (TPSA) is 64.3 Å². The van der Waals surface area contributed by atoms with E-state index >= 15 is 0 Å². The molecule has 2 rings (SSSR count). The van der Waals surface area contributed by atoms with Gasteiger partial charge in [0.1, 0.15) is 5.75 Å². The van der Waals surface area contributed by atoms with Gasteiger partial charge in [-0.05, 0) is 19.1 Å². The molecule has 15 heavy (non-hydrogen) atoms. The van der Waals surface area contributed by atoms with Crippen LogP contribution in [0, 0.1) is 6.92 Å². The predicted molar refractivity (Wildman–Crippen MR) is 56.2 cm³/mol. The van der Waals surface area contributed by atoms with E-state index in [1.165, 1.54) is 4.52 Å². The Hall–Kier alpha value is -1.14. The fraction of sp³-hybridized carbons (Fsp3) is 0.250. The largest absolute Gasteiger partial charge is 0.238 e. The van der Waals surface area contributed by atoms with Crippen molar-refractivity contribution in [2.24, 2.45) is 0 Å². The summed E-state index contributed by atoms with van der Waals surface area (Å²) in [5.74, 6) is -0.255. The van der Waals surface area contributed by atoms with Gasteiger partial charge in [0.25, 0.3) is 0 Å². The zero-order valence-electron chi connectivity index (χ0n) is 7.88. The second kappa shape index (κ2) is 3.46. The minimum absolute atomic E-state index is 0.255. The summed E-state index contributed by atoms with van der Waals surface area (Å²) in [6.07, 6.45) is 0. The van der Waals surface area contributed by atoms with Crippen molar-refractivity contribution in [3.63, 3.8) is 0 Å². The van der Waals surface area contributed by atoms with Crippen molar-refractivity contribution < 1.29 is 8.42 Å². The lowest BCUT2D eigenvalue weighted by Gasteiger charge is -2.00. The summed E-state index contributed by atoms with van der Waals surface area (Å²) in [4.78, 5) is 0. The fourth-order valence-corrected chi connectivity index (χ4v) is 2.28. The van der Waals surface area contributed by atoms with Crippen LogP contribution in [-0.2, 0) is 14.8 Å². The molecule has 0 saturated heterocycles. The standard InChI is InChI=1S/C8H8ClN3O2S/c1-6-8-4-2-3-7(5-15(9,13)14)12(8)11-10-6/h2-4H,5H2,1H3. The van der Waals surface area contributed by atoms with Gasteiger partial charge < -0.3 is 0 Å². The molecule has 5 nitrogen and oxygen atoms in total. The molecule has 7 heteroatoms. The molecule has 0 amide bonds. The second-order valence-corrected chi connectivity index (χ2v) is 5.95. The van der Waals surface area contributed by atoms with Gasteiger partial charge in [-0.1, -0.05) is 11.3 Å². The van der Waals surface area contributed by atoms with Gasteiger partial charge in [0.05, 0.1) is 16.9 Å². The Balaban J connectivity index is 2.62. The monoisotopic (exact) mass is 245 g/mol. The summed E-state index contributed by atoms with van der Waals surface area (Å²) in [6, 6.07) is 5.23. The fourth-order valence-electron chi connectivity index (χ4n) is 1.37. The van der Waals surface area contributed by atoms with Crippen LogP contribution in [0.25, 0.3) is 5.52 Å². The van der Waals surface area contributed by atoms with Gasteiger partial charge in [-0.25, -0.2) is 12.9 Å². The number of rotatable bonds is 2. The first-order chi connectivity index (χ1) is 6.97. The van der Waals surface area contributed by atoms with Gasteiger partial charge in [0, 0.05) is 10.7 Å². The van der Waals surface area contributed by atoms with E-state index in [2.05, 4.69) is 10.3 Å². The van der Waals surface area contributed by atoms with Crippen LogP contribution in [0.2, 0.25) is 0 Å². The van der Waals surface area contributed by atoms with Crippen LogP contribution < -0.4 is 0 Å². The molecule has 2 aromatic heterocycles. The molecule has 0 aromatic carbocycles. The summed E-state index contributed by atoms with van der Waals surface area (Å²) < 4.78 is 23.4. The average molecular weight is 246 g/mol. The summed E-state index contributed by atoms with van der Waals surface area (Å²) in [6.45, 7) is 1.81. The normalized spacial score (nSPS) is 12.1. The Labute approximate surface area is 91.1 Å². The van der Waals surface area contributed by atoms with Crippen LogP contribution in [0.4, 0.5) is 0 Å². The molecule has 2 aromatic rings. The van der Waals surface area contributed by atoms with E-state index in [9.17, 15) is 8.42 Å². The van der Waals surface area contributed by atoms with E-state index in [-0.39, 0.29) is 5.75 Å². The molecule has 0 aliphatic heterocycles. The highest BCUT2D eigenvalue weighted by atomic mass is 35.7. The molecule has 0 saturated carbocycles. The summed E-state index contributed by atoms with van der Waals surface area (Å²) in [7, 11) is 1.61. The van der Waals surface area contributed by atoms with E-state index in [0.29, 0.717) is 5.69 Å². The summed E-state index contributed by atoms with van der Waals surface area (Å²) in [5, 5.41) is 7.71. The lowest BCUT2D eigenvalue weighted by atomic mass is 10.3. The van der Waals surface area contributed by atoms with Gasteiger partial charge in [0.15, 0.2) is 0 Å². The third-order valence-electron chi connectivity index (χ3n) is 2.02.